The molecule has 0 spiro atoms. The molecular weight excluding hydrogens is 216 g/mol. The first-order valence-electron chi connectivity index (χ1n) is 5.29. The molecule has 0 amide bonds. The second-order valence-electron chi connectivity index (χ2n) is 4.07. The molecule has 0 bridgehead atoms. The van der Waals surface area contributed by atoms with Gasteiger partial charge >= 0.3 is 0 Å². The van der Waals surface area contributed by atoms with E-state index >= 15 is 0 Å². The maximum Gasteiger partial charge on any atom is 0.248 e. The zero-order chi connectivity index (χ0) is 12.0. The molecule has 0 atom stereocenters. The van der Waals surface area contributed by atoms with Gasteiger partial charge in [-0.2, -0.15) is 0 Å². The van der Waals surface area contributed by atoms with E-state index in [1.54, 1.807) is 12.3 Å². The Balaban J connectivity index is 2.60. The van der Waals surface area contributed by atoms with Crippen LogP contribution in [0, 0.1) is 6.92 Å². The van der Waals surface area contributed by atoms with Crippen molar-refractivity contribution in [2.75, 3.05) is 0 Å². The lowest BCUT2D eigenvalue weighted by molar-refractivity contribution is 0.112. The maximum absolute atomic E-state index is 11.3. The molecule has 0 aliphatic rings. The molecule has 0 aliphatic carbocycles. The zero-order valence-electron chi connectivity index (χ0n) is 9.20. The Labute approximate surface area is 96.3 Å². The van der Waals surface area contributed by atoms with Gasteiger partial charge in [0.25, 0.3) is 0 Å². The highest BCUT2D eigenvalue weighted by Crippen LogP contribution is 2.27. The lowest BCUT2D eigenvalue weighted by Crippen LogP contribution is -2.01. The normalized spacial score (nSPS) is 11.1. The first-order chi connectivity index (χ1) is 8.20. The number of carbonyl (C=O) groups excluding carboxylic acids is 1. The minimum Gasteiger partial charge on any atom is -0.358 e. The van der Waals surface area contributed by atoms with Gasteiger partial charge in [-0.3, -0.25) is 9.59 Å². The van der Waals surface area contributed by atoms with Gasteiger partial charge < -0.3 is 9.97 Å². The molecular formula is C13H10N2O2. The second kappa shape index (κ2) is 3.31. The smallest absolute Gasteiger partial charge is 0.248 e. The molecule has 4 heteroatoms. The van der Waals surface area contributed by atoms with Crippen molar-refractivity contribution in [1.82, 2.24) is 9.97 Å². The number of hydrogen-bond donors (Lipinski definition) is 2. The highest BCUT2D eigenvalue weighted by Gasteiger charge is 2.10. The van der Waals surface area contributed by atoms with E-state index in [0.29, 0.717) is 5.56 Å². The molecule has 84 valence electrons. The van der Waals surface area contributed by atoms with E-state index in [0.717, 1.165) is 33.7 Å². The number of aryl methyl sites for hydroxylation is 1. The summed E-state index contributed by atoms with van der Waals surface area (Å²) in [6.45, 7) is 1.85. The first kappa shape index (κ1) is 9.84. The summed E-state index contributed by atoms with van der Waals surface area (Å²) in [5.74, 6) is 0. The van der Waals surface area contributed by atoms with Gasteiger partial charge in [0.05, 0.1) is 5.52 Å². The number of nitrogens with one attached hydrogen (secondary N) is 2. The standard InChI is InChI=1S/C13H10N2O2/c1-7-11(6-16)9-3-2-8-5-14-12(17)4-10(8)13(9)15-7/h2-6,15H,1H3,(H,14,17). The molecule has 0 aliphatic heterocycles. The minimum absolute atomic E-state index is 0.148. The molecule has 0 saturated heterocycles. The van der Waals surface area contributed by atoms with Crippen molar-refractivity contribution in [2.45, 2.75) is 6.92 Å². The van der Waals surface area contributed by atoms with Crippen LogP contribution in [-0.4, -0.2) is 16.3 Å². The number of fused-ring (bicyclic) bond motifs is 3. The van der Waals surface area contributed by atoms with Crippen molar-refractivity contribution in [3.63, 3.8) is 0 Å². The van der Waals surface area contributed by atoms with E-state index in [4.69, 9.17) is 0 Å². The van der Waals surface area contributed by atoms with Gasteiger partial charge in [-0.15, -0.1) is 0 Å². The molecule has 2 heterocycles. The van der Waals surface area contributed by atoms with E-state index in [9.17, 15) is 9.59 Å². The van der Waals surface area contributed by atoms with Crippen LogP contribution >= 0.6 is 0 Å². The molecule has 17 heavy (non-hydrogen) atoms. The molecule has 0 fully saturated rings. The Bertz CT molecular complexity index is 796. The maximum atomic E-state index is 11.3. The summed E-state index contributed by atoms with van der Waals surface area (Å²) in [6, 6.07) is 5.33. The Morgan fingerprint density at radius 2 is 2.06 bits per heavy atom. The number of rotatable bonds is 1. The van der Waals surface area contributed by atoms with Crippen molar-refractivity contribution in [1.29, 1.82) is 0 Å². The van der Waals surface area contributed by atoms with Gasteiger partial charge in [-0.1, -0.05) is 12.1 Å². The second-order valence-corrected chi connectivity index (χ2v) is 4.07. The number of H-pyrrole nitrogens is 2. The van der Waals surface area contributed by atoms with Gasteiger partial charge in [0.15, 0.2) is 6.29 Å². The third kappa shape index (κ3) is 1.30. The van der Waals surface area contributed by atoms with Gasteiger partial charge in [0.2, 0.25) is 5.56 Å². The number of hydrogen-bond acceptors (Lipinski definition) is 2. The van der Waals surface area contributed by atoms with Crippen LogP contribution in [0.5, 0.6) is 0 Å². The number of aromatic amines is 2. The average molecular weight is 226 g/mol. The number of benzene rings is 1. The van der Waals surface area contributed by atoms with E-state index < -0.39 is 0 Å². The van der Waals surface area contributed by atoms with Gasteiger partial charge in [0, 0.05) is 39.7 Å². The molecule has 3 rings (SSSR count). The zero-order valence-corrected chi connectivity index (χ0v) is 9.20. The number of pyridine rings is 1. The van der Waals surface area contributed by atoms with E-state index in [2.05, 4.69) is 9.97 Å². The van der Waals surface area contributed by atoms with Gasteiger partial charge in [-0.05, 0) is 6.92 Å². The molecule has 2 aromatic heterocycles. The van der Waals surface area contributed by atoms with Crippen LogP contribution in [0.3, 0.4) is 0 Å². The summed E-state index contributed by atoms with van der Waals surface area (Å²) < 4.78 is 0. The number of carbonyl (C=O) groups is 1. The van der Waals surface area contributed by atoms with Gasteiger partial charge in [-0.25, -0.2) is 0 Å². The molecule has 0 unspecified atom stereocenters. The molecule has 1 aromatic carbocycles. The average Bonchev–Trinajstić information content (AvgIpc) is 2.65. The van der Waals surface area contributed by atoms with Gasteiger partial charge in [0.1, 0.15) is 0 Å². The Morgan fingerprint density at radius 1 is 1.24 bits per heavy atom. The Kier molecular flexibility index (Phi) is 1.92. The summed E-state index contributed by atoms with van der Waals surface area (Å²) in [7, 11) is 0. The largest absolute Gasteiger partial charge is 0.358 e. The van der Waals surface area contributed by atoms with Crippen LogP contribution in [0.15, 0.2) is 29.2 Å². The topological polar surface area (TPSA) is 65.7 Å². The van der Waals surface area contributed by atoms with Crippen LogP contribution in [0.1, 0.15) is 16.1 Å². The lowest BCUT2D eigenvalue weighted by Gasteiger charge is -1.98. The van der Waals surface area contributed by atoms with Crippen molar-refractivity contribution in [3.8, 4) is 0 Å². The lowest BCUT2D eigenvalue weighted by atomic mass is 10.1. The fourth-order valence-corrected chi connectivity index (χ4v) is 2.21. The third-order valence-corrected chi connectivity index (χ3v) is 3.05. The summed E-state index contributed by atoms with van der Waals surface area (Å²) in [5, 5.41) is 2.63. The third-order valence-electron chi connectivity index (χ3n) is 3.05. The van der Waals surface area contributed by atoms with Crippen molar-refractivity contribution >= 4 is 28.0 Å². The van der Waals surface area contributed by atoms with Crippen molar-refractivity contribution < 1.29 is 4.79 Å². The summed E-state index contributed by atoms with van der Waals surface area (Å²) in [4.78, 5) is 28.2. The predicted octanol–water partition coefficient (Wildman–Crippen LogP) is 2.13. The van der Waals surface area contributed by atoms with Crippen LogP contribution in [0.4, 0.5) is 0 Å². The van der Waals surface area contributed by atoms with Crippen LogP contribution in [0.25, 0.3) is 21.7 Å². The monoisotopic (exact) mass is 226 g/mol. The predicted molar refractivity (Wildman–Crippen MR) is 66.5 cm³/mol. The number of aromatic nitrogens is 2. The van der Waals surface area contributed by atoms with E-state index in [-0.39, 0.29) is 5.56 Å². The highest BCUT2D eigenvalue weighted by atomic mass is 16.1. The van der Waals surface area contributed by atoms with Crippen LogP contribution < -0.4 is 5.56 Å². The summed E-state index contributed by atoms with van der Waals surface area (Å²) >= 11 is 0. The van der Waals surface area contributed by atoms with Crippen molar-refractivity contribution in [2.24, 2.45) is 0 Å². The van der Waals surface area contributed by atoms with Crippen molar-refractivity contribution in [3.05, 3.63) is 46.0 Å². The Morgan fingerprint density at radius 3 is 2.82 bits per heavy atom. The quantitative estimate of drug-likeness (QED) is 0.624. The summed E-state index contributed by atoms with van der Waals surface area (Å²) in [5.41, 5.74) is 2.17. The summed E-state index contributed by atoms with van der Waals surface area (Å²) in [6.07, 6.45) is 2.51. The molecule has 0 radical (unpaired) electrons. The van der Waals surface area contributed by atoms with E-state index in [1.165, 1.54) is 0 Å². The molecule has 2 N–H and O–H groups in total. The SMILES string of the molecule is Cc1[nH]c2c(ccc3c[nH]c(=O)cc32)c1C=O. The first-order valence-corrected chi connectivity index (χ1v) is 5.29. The fourth-order valence-electron chi connectivity index (χ4n) is 2.21. The molecule has 3 aromatic rings. The van der Waals surface area contributed by atoms with Crippen LogP contribution in [0.2, 0.25) is 0 Å². The fraction of sp³-hybridized carbons (Fsp3) is 0.0769. The number of aldehydes is 1. The van der Waals surface area contributed by atoms with E-state index in [1.807, 2.05) is 19.1 Å². The Hall–Kier alpha value is -2.36. The molecule has 0 saturated carbocycles. The van der Waals surface area contributed by atoms with Crippen LogP contribution in [-0.2, 0) is 0 Å². The minimum atomic E-state index is -0.148. The highest BCUT2D eigenvalue weighted by molar-refractivity contribution is 6.11. The molecule has 4 nitrogen and oxygen atoms in total.